The Morgan fingerprint density at radius 1 is 1.03 bits per heavy atom. The van der Waals surface area contributed by atoms with E-state index in [0.717, 1.165) is 29.7 Å². The van der Waals surface area contributed by atoms with Gasteiger partial charge in [0.1, 0.15) is 5.75 Å². The average molecular weight is 393 g/mol. The smallest absolute Gasteiger partial charge is 0.259 e. The van der Waals surface area contributed by atoms with Gasteiger partial charge in [0.15, 0.2) is 6.61 Å². The number of hydrogen-bond donors (Lipinski definition) is 2. The molecule has 0 aromatic heterocycles. The molecule has 0 aliphatic heterocycles. The highest BCUT2D eigenvalue weighted by atomic mass is 16.5. The van der Waals surface area contributed by atoms with Crippen LogP contribution in [0.2, 0.25) is 0 Å². The first-order chi connectivity index (χ1) is 14.0. The summed E-state index contributed by atoms with van der Waals surface area (Å²) in [6, 6.07) is 13.8. The topological polar surface area (TPSA) is 79.8 Å². The molecule has 2 N–H and O–H groups in total. The summed E-state index contributed by atoms with van der Waals surface area (Å²) >= 11 is 0. The van der Waals surface area contributed by atoms with E-state index in [1.807, 2.05) is 38.1 Å². The third kappa shape index (κ3) is 6.17. The van der Waals surface area contributed by atoms with Gasteiger partial charge < -0.3 is 10.1 Å². The van der Waals surface area contributed by atoms with E-state index in [9.17, 15) is 9.59 Å². The van der Waals surface area contributed by atoms with Crippen molar-refractivity contribution in [3.63, 3.8) is 0 Å². The van der Waals surface area contributed by atoms with Crippen LogP contribution in [0, 0.1) is 6.92 Å². The number of nitrogens with zero attached hydrogens (tertiary/aromatic N) is 1. The van der Waals surface area contributed by atoms with Crippen LogP contribution in [0.1, 0.15) is 42.0 Å². The highest BCUT2D eigenvalue weighted by molar-refractivity contribution is 5.99. The number of benzene rings is 2. The lowest BCUT2D eigenvalue weighted by molar-refractivity contribution is -0.127. The van der Waals surface area contributed by atoms with Crippen LogP contribution >= 0.6 is 0 Å². The number of ether oxygens (including phenoxy) is 1. The molecule has 0 spiro atoms. The number of aryl methyl sites for hydroxylation is 3. The van der Waals surface area contributed by atoms with Crippen LogP contribution in [0.15, 0.2) is 47.6 Å². The maximum absolute atomic E-state index is 12.0. The van der Waals surface area contributed by atoms with Crippen LogP contribution in [0.5, 0.6) is 5.75 Å². The predicted octanol–water partition coefficient (Wildman–Crippen LogP) is 2.91. The van der Waals surface area contributed by atoms with Crippen LogP contribution in [-0.2, 0) is 22.4 Å². The Kier molecular flexibility index (Phi) is 7.00. The minimum Gasteiger partial charge on any atom is -0.484 e. The SMILES string of the molecule is CC(=NNC(=O)CNC(=O)COc1cccc(C)c1)c1ccc2c(c1)CCCC2. The largest absolute Gasteiger partial charge is 0.484 e. The Morgan fingerprint density at radius 3 is 2.62 bits per heavy atom. The molecule has 0 fully saturated rings. The first-order valence-corrected chi connectivity index (χ1v) is 9.93. The Morgan fingerprint density at radius 2 is 1.83 bits per heavy atom. The van der Waals surface area contributed by atoms with Crippen molar-refractivity contribution in [2.75, 3.05) is 13.2 Å². The molecule has 2 aromatic rings. The van der Waals surface area contributed by atoms with Crippen molar-refractivity contribution in [1.82, 2.24) is 10.7 Å². The highest BCUT2D eigenvalue weighted by Crippen LogP contribution is 2.22. The molecule has 0 saturated heterocycles. The fraction of sp³-hybridized carbons (Fsp3) is 0.348. The van der Waals surface area contributed by atoms with Crippen LogP contribution in [-0.4, -0.2) is 30.7 Å². The summed E-state index contributed by atoms with van der Waals surface area (Å²) in [6.07, 6.45) is 4.70. The van der Waals surface area contributed by atoms with E-state index in [2.05, 4.69) is 28.0 Å². The predicted molar refractivity (Wildman–Crippen MR) is 113 cm³/mol. The lowest BCUT2D eigenvalue weighted by Crippen LogP contribution is -2.37. The molecule has 0 radical (unpaired) electrons. The average Bonchev–Trinajstić information content (AvgIpc) is 2.74. The first kappa shape index (κ1) is 20.6. The van der Waals surface area contributed by atoms with Crippen molar-refractivity contribution in [3.8, 4) is 5.75 Å². The van der Waals surface area contributed by atoms with E-state index in [4.69, 9.17) is 4.74 Å². The summed E-state index contributed by atoms with van der Waals surface area (Å²) < 4.78 is 5.41. The van der Waals surface area contributed by atoms with E-state index >= 15 is 0 Å². The van der Waals surface area contributed by atoms with Crippen molar-refractivity contribution in [1.29, 1.82) is 0 Å². The van der Waals surface area contributed by atoms with Crippen molar-refractivity contribution in [2.24, 2.45) is 5.10 Å². The van der Waals surface area contributed by atoms with Gasteiger partial charge >= 0.3 is 0 Å². The van der Waals surface area contributed by atoms with Crippen molar-refractivity contribution in [3.05, 3.63) is 64.7 Å². The van der Waals surface area contributed by atoms with E-state index in [0.29, 0.717) is 5.75 Å². The molecule has 152 valence electrons. The molecular formula is C23H27N3O3. The zero-order valence-corrected chi connectivity index (χ0v) is 17.0. The molecule has 0 heterocycles. The molecule has 0 atom stereocenters. The summed E-state index contributed by atoms with van der Waals surface area (Å²) in [4.78, 5) is 23.8. The minimum atomic E-state index is -0.383. The number of hydrazone groups is 1. The first-order valence-electron chi connectivity index (χ1n) is 9.93. The molecule has 6 heteroatoms. The van der Waals surface area contributed by atoms with Crippen LogP contribution in [0.4, 0.5) is 0 Å². The second kappa shape index (κ2) is 9.87. The van der Waals surface area contributed by atoms with Gasteiger partial charge in [-0.15, -0.1) is 0 Å². The maximum Gasteiger partial charge on any atom is 0.259 e. The Labute approximate surface area is 171 Å². The Balaban J connectivity index is 1.43. The molecule has 0 bridgehead atoms. The molecule has 0 unspecified atom stereocenters. The Bertz CT molecular complexity index is 921. The number of amides is 2. The van der Waals surface area contributed by atoms with Gasteiger partial charge in [0, 0.05) is 0 Å². The van der Waals surface area contributed by atoms with Gasteiger partial charge in [-0.3, -0.25) is 9.59 Å². The third-order valence-electron chi connectivity index (χ3n) is 4.92. The second-order valence-corrected chi connectivity index (χ2v) is 7.30. The molecule has 2 aromatic carbocycles. The standard InChI is InChI=1S/C23H27N3O3/c1-16-6-5-9-21(12-16)29-15-23(28)24-14-22(27)26-25-17(2)19-11-10-18-7-3-4-8-20(18)13-19/h5-6,9-13H,3-4,7-8,14-15H2,1-2H3,(H,24,28)(H,26,27). The summed E-state index contributed by atoms with van der Waals surface area (Å²) in [7, 11) is 0. The van der Waals surface area contributed by atoms with E-state index in [-0.39, 0.29) is 25.0 Å². The van der Waals surface area contributed by atoms with E-state index in [1.165, 1.54) is 24.0 Å². The van der Waals surface area contributed by atoms with Gasteiger partial charge in [-0.25, -0.2) is 5.43 Å². The van der Waals surface area contributed by atoms with E-state index in [1.54, 1.807) is 6.07 Å². The zero-order valence-electron chi connectivity index (χ0n) is 17.0. The zero-order chi connectivity index (χ0) is 20.6. The van der Waals surface area contributed by atoms with Crippen molar-refractivity contribution >= 4 is 17.5 Å². The minimum absolute atomic E-state index is 0.145. The molecule has 3 rings (SSSR count). The van der Waals surface area contributed by atoms with E-state index < -0.39 is 0 Å². The Hall–Kier alpha value is -3.15. The third-order valence-corrected chi connectivity index (χ3v) is 4.92. The monoisotopic (exact) mass is 393 g/mol. The summed E-state index contributed by atoms with van der Waals surface area (Å²) in [6.45, 7) is 3.51. The summed E-state index contributed by atoms with van der Waals surface area (Å²) in [5, 5.41) is 6.69. The molecular weight excluding hydrogens is 366 g/mol. The van der Waals surface area contributed by atoms with Crippen LogP contribution in [0.25, 0.3) is 0 Å². The maximum atomic E-state index is 12.0. The fourth-order valence-corrected chi connectivity index (χ4v) is 3.29. The fourth-order valence-electron chi connectivity index (χ4n) is 3.29. The lowest BCUT2D eigenvalue weighted by atomic mass is 9.90. The molecule has 29 heavy (non-hydrogen) atoms. The number of fused-ring (bicyclic) bond motifs is 1. The molecule has 1 aliphatic carbocycles. The quantitative estimate of drug-likeness (QED) is 0.561. The summed E-state index contributed by atoms with van der Waals surface area (Å²) in [5.74, 6) is -0.127. The van der Waals surface area contributed by atoms with Gasteiger partial charge in [-0.2, -0.15) is 5.10 Å². The number of carbonyl (C=O) groups is 2. The number of hydrogen-bond acceptors (Lipinski definition) is 4. The normalized spacial score (nSPS) is 13.4. The van der Waals surface area contributed by atoms with Crippen molar-refractivity contribution in [2.45, 2.75) is 39.5 Å². The number of carbonyl (C=O) groups excluding carboxylic acids is 2. The van der Waals surface area contributed by atoms with Gasteiger partial charge in [0.2, 0.25) is 0 Å². The number of nitrogens with one attached hydrogen (secondary N) is 2. The summed E-state index contributed by atoms with van der Waals surface area (Å²) in [5.41, 5.74) is 8.06. The molecule has 1 aliphatic rings. The van der Waals surface area contributed by atoms with Crippen molar-refractivity contribution < 1.29 is 14.3 Å². The van der Waals surface area contributed by atoms with Gasteiger partial charge in [0.05, 0.1) is 12.3 Å². The second-order valence-electron chi connectivity index (χ2n) is 7.30. The van der Waals surface area contributed by atoms with Gasteiger partial charge in [-0.05, 0) is 80.0 Å². The number of rotatable bonds is 7. The highest BCUT2D eigenvalue weighted by Gasteiger charge is 2.11. The lowest BCUT2D eigenvalue weighted by Gasteiger charge is -2.16. The van der Waals surface area contributed by atoms with Gasteiger partial charge in [0.25, 0.3) is 11.8 Å². The molecule has 0 saturated carbocycles. The van der Waals surface area contributed by atoms with Gasteiger partial charge in [-0.1, -0.05) is 24.3 Å². The molecule has 2 amide bonds. The van der Waals surface area contributed by atoms with Crippen LogP contribution < -0.4 is 15.5 Å². The van der Waals surface area contributed by atoms with Crippen LogP contribution in [0.3, 0.4) is 0 Å². The molecule has 6 nitrogen and oxygen atoms in total.